The van der Waals surface area contributed by atoms with Crippen molar-refractivity contribution in [2.24, 2.45) is 5.92 Å². The van der Waals surface area contributed by atoms with Gasteiger partial charge in [0.2, 0.25) is 0 Å². The van der Waals surface area contributed by atoms with Crippen LogP contribution < -0.4 is 10.2 Å². The molecule has 2 aliphatic rings. The molecule has 1 atom stereocenters. The molecule has 0 bridgehead atoms. The van der Waals surface area contributed by atoms with Crippen molar-refractivity contribution in [3.8, 4) is 0 Å². The molecule has 0 saturated carbocycles. The molecule has 2 fully saturated rings. The number of halogens is 2. The van der Waals surface area contributed by atoms with Crippen LogP contribution in [-0.2, 0) is 6.54 Å². The van der Waals surface area contributed by atoms with Gasteiger partial charge >= 0.3 is 0 Å². The van der Waals surface area contributed by atoms with Crippen molar-refractivity contribution in [1.82, 2.24) is 15.2 Å². The van der Waals surface area contributed by atoms with Crippen molar-refractivity contribution in [1.29, 1.82) is 0 Å². The predicted octanol–water partition coefficient (Wildman–Crippen LogP) is 4.57. The summed E-state index contributed by atoms with van der Waals surface area (Å²) < 4.78 is 13.4. The maximum absolute atomic E-state index is 13.4. The Labute approximate surface area is 186 Å². The Kier molecular flexibility index (Phi) is 6.91. The first-order valence-electron chi connectivity index (χ1n) is 10.7. The van der Waals surface area contributed by atoms with Crippen LogP contribution in [0.25, 0.3) is 0 Å². The fraction of sp³-hybridized carbons (Fsp3) is 0.545. The first kappa shape index (κ1) is 21.5. The summed E-state index contributed by atoms with van der Waals surface area (Å²) in [5.41, 5.74) is 0.632. The number of carbonyl (C=O) groups is 1. The fourth-order valence-corrected chi connectivity index (χ4v) is 5.61. The van der Waals surface area contributed by atoms with Crippen molar-refractivity contribution in [3.05, 3.63) is 45.7 Å². The van der Waals surface area contributed by atoms with E-state index in [1.807, 2.05) is 0 Å². The maximum atomic E-state index is 13.4. The van der Waals surface area contributed by atoms with Crippen LogP contribution in [0, 0.1) is 11.7 Å². The Balaban J connectivity index is 1.29. The number of amides is 1. The summed E-state index contributed by atoms with van der Waals surface area (Å²) in [4.78, 5) is 22.5. The SMILES string of the molecule is C[C@@H]1CCCN(C2CCN(c3ncc(C(=O)NCc4cc(F)cc(Cl)c4)s3)CC2)C1. The summed E-state index contributed by atoms with van der Waals surface area (Å²) in [6.45, 7) is 6.99. The van der Waals surface area contributed by atoms with E-state index in [1.54, 1.807) is 12.3 Å². The number of thiazole rings is 1. The standard InChI is InChI=1S/C22H28ClFN4OS/c1-15-3-2-6-28(14-15)19-4-7-27(8-5-19)22-26-13-20(30-22)21(29)25-12-16-9-17(23)11-18(24)10-16/h9-11,13,15,19H,2-8,12,14H2,1H3,(H,25,29)/t15-/m1/s1. The third-order valence-corrected chi connectivity index (χ3v) is 7.31. The summed E-state index contributed by atoms with van der Waals surface area (Å²) >= 11 is 7.28. The fourth-order valence-electron chi connectivity index (χ4n) is 4.48. The number of rotatable bonds is 5. The van der Waals surface area contributed by atoms with Gasteiger partial charge in [0.15, 0.2) is 5.13 Å². The maximum Gasteiger partial charge on any atom is 0.263 e. The average molecular weight is 451 g/mol. The Morgan fingerprint density at radius 1 is 1.27 bits per heavy atom. The van der Waals surface area contributed by atoms with E-state index in [9.17, 15) is 9.18 Å². The molecule has 5 nitrogen and oxygen atoms in total. The molecule has 0 radical (unpaired) electrons. The van der Waals surface area contributed by atoms with Gasteiger partial charge in [-0.3, -0.25) is 9.69 Å². The second kappa shape index (κ2) is 9.62. The van der Waals surface area contributed by atoms with E-state index in [4.69, 9.17) is 11.6 Å². The average Bonchev–Trinajstić information content (AvgIpc) is 3.22. The van der Waals surface area contributed by atoms with Gasteiger partial charge in [0.05, 0.1) is 6.20 Å². The molecule has 1 N–H and O–H groups in total. The number of piperidine rings is 2. The first-order chi connectivity index (χ1) is 14.5. The molecular weight excluding hydrogens is 423 g/mol. The van der Waals surface area contributed by atoms with Crippen LogP contribution in [0.2, 0.25) is 5.02 Å². The Hall–Kier alpha value is -1.70. The zero-order valence-electron chi connectivity index (χ0n) is 17.2. The molecule has 0 aliphatic carbocycles. The minimum atomic E-state index is -0.408. The van der Waals surface area contributed by atoms with Gasteiger partial charge in [0.1, 0.15) is 10.7 Å². The lowest BCUT2D eigenvalue weighted by atomic mass is 9.95. The molecule has 1 amide bonds. The van der Waals surface area contributed by atoms with Crippen LogP contribution >= 0.6 is 22.9 Å². The number of nitrogens with zero attached hydrogens (tertiary/aromatic N) is 3. The smallest absolute Gasteiger partial charge is 0.263 e. The van der Waals surface area contributed by atoms with Crippen LogP contribution in [0.5, 0.6) is 0 Å². The van der Waals surface area contributed by atoms with E-state index in [2.05, 4.69) is 27.0 Å². The number of nitrogens with one attached hydrogen (secondary N) is 1. The van der Waals surface area contributed by atoms with Gasteiger partial charge < -0.3 is 10.2 Å². The van der Waals surface area contributed by atoms with Crippen LogP contribution in [0.1, 0.15) is 47.8 Å². The molecule has 1 aromatic carbocycles. The van der Waals surface area contributed by atoms with Gasteiger partial charge in [-0.1, -0.05) is 29.9 Å². The summed E-state index contributed by atoms with van der Waals surface area (Å²) in [6.07, 6.45) is 6.59. The van der Waals surface area contributed by atoms with E-state index in [1.165, 1.54) is 49.4 Å². The summed E-state index contributed by atoms with van der Waals surface area (Å²) in [5, 5.41) is 4.04. The van der Waals surface area contributed by atoms with Gasteiger partial charge in [-0.05, 0) is 61.9 Å². The topological polar surface area (TPSA) is 48.5 Å². The Morgan fingerprint density at radius 3 is 2.80 bits per heavy atom. The number of aromatic nitrogens is 1. The molecule has 0 unspecified atom stereocenters. The van der Waals surface area contributed by atoms with E-state index in [0.717, 1.165) is 37.0 Å². The zero-order chi connectivity index (χ0) is 21.1. The lowest BCUT2D eigenvalue weighted by Crippen LogP contribution is -2.48. The van der Waals surface area contributed by atoms with E-state index >= 15 is 0 Å². The normalized spacial score (nSPS) is 21.0. The van der Waals surface area contributed by atoms with Gasteiger partial charge in [-0.2, -0.15) is 0 Å². The molecule has 2 aliphatic heterocycles. The molecule has 30 heavy (non-hydrogen) atoms. The van der Waals surface area contributed by atoms with Crippen LogP contribution in [-0.4, -0.2) is 48.0 Å². The molecule has 0 spiro atoms. The number of likely N-dealkylation sites (tertiary alicyclic amines) is 1. The van der Waals surface area contributed by atoms with Crippen LogP contribution in [0.15, 0.2) is 24.4 Å². The van der Waals surface area contributed by atoms with E-state index in [0.29, 0.717) is 21.5 Å². The molecule has 2 aromatic rings. The highest BCUT2D eigenvalue weighted by Crippen LogP contribution is 2.29. The summed E-state index contributed by atoms with van der Waals surface area (Å²) in [6, 6.07) is 4.94. The Morgan fingerprint density at radius 2 is 2.07 bits per heavy atom. The lowest BCUT2D eigenvalue weighted by Gasteiger charge is -2.41. The predicted molar refractivity (Wildman–Crippen MR) is 120 cm³/mol. The monoisotopic (exact) mass is 450 g/mol. The van der Waals surface area contributed by atoms with Crippen molar-refractivity contribution in [2.45, 2.75) is 45.2 Å². The molecule has 4 rings (SSSR count). The quantitative estimate of drug-likeness (QED) is 0.725. The minimum absolute atomic E-state index is 0.198. The number of hydrogen-bond donors (Lipinski definition) is 1. The molecule has 8 heteroatoms. The number of anilines is 1. The highest BCUT2D eigenvalue weighted by Gasteiger charge is 2.28. The highest BCUT2D eigenvalue weighted by molar-refractivity contribution is 7.17. The summed E-state index contributed by atoms with van der Waals surface area (Å²) in [5.74, 6) is 0.200. The van der Waals surface area contributed by atoms with Crippen molar-refractivity contribution in [2.75, 3.05) is 31.1 Å². The van der Waals surface area contributed by atoms with Gasteiger partial charge in [0.25, 0.3) is 5.91 Å². The van der Waals surface area contributed by atoms with Crippen LogP contribution in [0.3, 0.4) is 0 Å². The van der Waals surface area contributed by atoms with E-state index < -0.39 is 5.82 Å². The molecular formula is C22H28ClFN4OS. The third kappa shape index (κ3) is 5.31. The van der Waals surface area contributed by atoms with Crippen molar-refractivity contribution < 1.29 is 9.18 Å². The number of hydrogen-bond acceptors (Lipinski definition) is 5. The Bertz CT molecular complexity index is 864. The molecule has 162 valence electrons. The lowest BCUT2D eigenvalue weighted by molar-refractivity contribution is 0.0954. The van der Waals surface area contributed by atoms with Crippen LogP contribution in [0.4, 0.5) is 9.52 Å². The number of carbonyl (C=O) groups excluding carboxylic acids is 1. The second-order valence-corrected chi connectivity index (χ2v) is 9.87. The van der Waals surface area contributed by atoms with Gasteiger partial charge in [-0.25, -0.2) is 9.37 Å². The summed E-state index contributed by atoms with van der Waals surface area (Å²) in [7, 11) is 0. The molecule has 2 saturated heterocycles. The highest BCUT2D eigenvalue weighted by atomic mass is 35.5. The van der Waals surface area contributed by atoms with Crippen molar-refractivity contribution >= 4 is 34.0 Å². The largest absolute Gasteiger partial charge is 0.348 e. The zero-order valence-corrected chi connectivity index (χ0v) is 18.8. The van der Waals surface area contributed by atoms with E-state index in [-0.39, 0.29) is 12.5 Å². The number of benzene rings is 1. The first-order valence-corrected chi connectivity index (χ1v) is 11.9. The molecule has 1 aromatic heterocycles. The van der Waals surface area contributed by atoms with Gasteiger partial charge in [-0.15, -0.1) is 0 Å². The molecule has 3 heterocycles. The third-order valence-electron chi connectivity index (χ3n) is 6.03. The van der Waals surface area contributed by atoms with Gasteiger partial charge in [0, 0.05) is 37.2 Å². The second-order valence-electron chi connectivity index (χ2n) is 8.43. The minimum Gasteiger partial charge on any atom is -0.348 e. The van der Waals surface area contributed by atoms with Crippen molar-refractivity contribution in [3.63, 3.8) is 0 Å².